The number of nitrogens with zero attached hydrogens (tertiary/aromatic N) is 1. The Labute approximate surface area is 101 Å². The van der Waals surface area contributed by atoms with Gasteiger partial charge in [-0.05, 0) is 6.07 Å². The van der Waals surface area contributed by atoms with E-state index >= 15 is 0 Å². The van der Waals surface area contributed by atoms with Crippen molar-refractivity contribution in [2.24, 2.45) is 0 Å². The number of ether oxygens (including phenoxy) is 1. The monoisotopic (exact) mass is 264 g/mol. The SMILES string of the molecule is O=C(O)c1ccncc1NCCOCC(F)(F)F. The summed E-state index contributed by atoms with van der Waals surface area (Å²) in [5, 5.41) is 11.5. The van der Waals surface area contributed by atoms with E-state index in [9.17, 15) is 18.0 Å². The molecule has 100 valence electrons. The summed E-state index contributed by atoms with van der Waals surface area (Å²) >= 11 is 0. The zero-order chi connectivity index (χ0) is 13.6. The van der Waals surface area contributed by atoms with E-state index in [-0.39, 0.29) is 24.4 Å². The van der Waals surface area contributed by atoms with Crippen molar-refractivity contribution in [1.29, 1.82) is 0 Å². The average Bonchev–Trinajstić information content (AvgIpc) is 2.27. The third kappa shape index (κ3) is 5.00. The number of hydrogen-bond acceptors (Lipinski definition) is 4. The van der Waals surface area contributed by atoms with Crippen molar-refractivity contribution in [2.75, 3.05) is 25.1 Å². The molecule has 0 spiro atoms. The smallest absolute Gasteiger partial charge is 0.411 e. The molecule has 1 rings (SSSR count). The summed E-state index contributed by atoms with van der Waals surface area (Å²) in [5.74, 6) is -1.14. The highest BCUT2D eigenvalue weighted by atomic mass is 19.4. The molecule has 0 radical (unpaired) electrons. The summed E-state index contributed by atoms with van der Waals surface area (Å²) in [6.45, 7) is -1.46. The van der Waals surface area contributed by atoms with Crippen LogP contribution in [0.15, 0.2) is 18.5 Å². The van der Waals surface area contributed by atoms with Gasteiger partial charge in [-0.3, -0.25) is 4.98 Å². The van der Waals surface area contributed by atoms with Crippen LogP contribution in [0.1, 0.15) is 10.4 Å². The highest BCUT2D eigenvalue weighted by molar-refractivity contribution is 5.93. The molecule has 1 aromatic rings. The predicted octanol–water partition coefficient (Wildman–Crippen LogP) is 1.77. The van der Waals surface area contributed by atoms with Crippen LogP contribution in [0.3, 0.4) is 0 Å². The highest BCUT2D eigenvalue weighted by Crippen LogP contribution is 2.15. The molecular formula is C10H11F3N2O3. The average molecular weight is 264 g/mol. The van der Waals surface area contributed by atoms with Crippen LogP contribution < -0.4 is 5.32 Å². The van der Waals surface area contributed by atoms with Crippen molar-refractivity contribution in [2.45, 2.75) is 6.18 Å². The van der Waals surface area contributed by atoms with Crippen LogP contribution in [0.25, 0.3) is 0 Å². The molecule has 2 N–H and O–H groups in total. The van der Waals surface area contributed by atoms with Gasteiger partial charge in [-0.2, -0.15) is 13.2 Å². The Morgan fingerprint density at radius 1 is 1.50 bits per heavy atom. The summed E-state index contributed by atoms with van der Waals surface area (Å²) in [5.41, 5.74) is 0.237. The minimum absolute atomic E-state index is 0.000761. The number of aromatic nitrogens is 1. The minimum atomic E-state index is -4.36. The van der Waals surface area contributed by atoms with Gasteiger partial charge in [-0.1, -0.05) is 0 Å². The van der Waals surface area contributed by atoms with Crippen LogP contribution in [-0.4, -0.2) is 42.0 Å². The number of rotatable bonds is 6. The summed E-state index contributed by atoms with van der Waals surface area (Å²) in [6.07, 6.45) is -1.76. The number of hydrogen-bond donors (Lipinski definition) is 2. The second-order valence-electron chi connectivity index (χ2n) is 3.32. The van der Waals surface area contributed by atoms with E-state index in [1.54, 1.807) is 0 Å². The molecule has 0 aliphatic carbocycles. The molecular weight excluding hydrogens is 253 g/mol. The van der Waals surface area contributed by atoms with Gasteiger partial charge < -0.3 is 15.2 Å². The van der Waals surface area contributed by atoms with E-state index in [1.807, 2.05) is 0 Å². The number of carboxylic acid groups (broad SMARTS) is 1. The maximum Gasteiger partial charge on any atom is 0.411 e. The van der Waals surface area contributed by atoms with Gasteiger partial charge in [0.05, 0.1) is 24.1 Å². The Balaban J connectivity index is 2.38. The van der Waals surface area contributed by atoms with Crippen molar-refractivity contribution in [3.05, 3.63) is 24.0 Å². The normalized spacial score (nSPS) is 11.3. The number of carboxylic acids is 1. The molecule has 0 amide bonds. The summed E-state index contributed by atoms with van der Waals surface area (Å²) in [6, 6.07) is 1.29. The number of alkyl halides is 3. The van der Waals surface area contributed by atoms with Crippen molar-refractivity contribution in [1.82, 2.24) is 4.98 Å². The van der Waals surface area contributed by atoms with Crippen LogP contribution in [0.5, 0.6) is 0 Å². The van der Waals surface area contributed by atoms with Crippen LogP contribution in [0.2, 0.25) is 0 Å². The molecule has 1 heterocycles. The fourth-order valence-corrected chi connectivity index (χ4v) is 1.17. The molecule has 0 aliphatic heterocycles. The van der Waals surface area contributed by atoms with Crippen LogP contribution in [-0.2, 0) is 4.74 Å². The molecule has 0 unspecified atom stereocenters. The third-order valence-electron chi connectivity index (χ3n) is 1.88. The third-order valence-corrected chi connectivity index (χ3v) is 1.88. The van der Waals surface area contributed by atoms with Crippen LogP contribution in [0, 0.1) is 0 Å². The molecule has 18 heavy (non-hydrogen) atoms. The Kier molecular flexibility index (Phi) is 4.90. The number of anilines is 1. The molecule has 0 atom stereocenters. The predicted molar refractivity (Wildman–Crippen MR) is 56.6 cm³/mol. The van der Waals surface area contributed by atoms with Crippen molar-refractivity contribution < 1.29 is 27.8 Å². The topological polar surface area (TPSA) is 71.5 Å². The van der Waals surface area contributed by atoms with Crippen molar-refractivity contribution >= 4 is 11.7 Å². The number of aromatic carboxylic acids is 1. The maximum absolute atomic E-state index is 11.7. The molecule has 0 bridgehead atoms. The molecule has 8 heteroatoms. The van der Waals surface area contributed by atoms with Gasteiger partial charge in [0.1, 0.15) is 6.61 Å². The molecule has 0 aromatic carbocycles. The van der Waals surface area contributed by atoms with E-state index in [0.29, 0.717) is 0 Å². The Morgan fingerprint density at radius 3 is 2.83 bits per heavy atom. The van der Waals surface area contributed by atoms with Gasteiger partial charge in [0.25, 0.3) is 0 Å². The lowest BCUT2D eigenvalue weighted by Crippen LogP contribution is -2.20. The van der Waals surface area contributed by atoms with Crippen LogP contribution in [0.4, 0.5) is 18.9 Å². The number of halogens is 3. The van der Waals surface area contributed by atoms with E-state index < -0.39 is 18.8 Å². The quantitative estimate of drug-likeness (QED) is 0.766. The summed E-state index contributed by atoms with van der Waals surface area (Å²) in [4.78, 5) is 14.5. The number of nitrogens with one attached hydrogen (secondary N) is 1. The minimum Gasteiger partial charge on any atom is -0.478 e. The Bertz CT molecular complexity index is 410. The van der Waals surface area contributed by atoms with E-state index in [1.165, 1.54) is 18.5 Å². The van der Waals surface area contributed by atoms with Crippen LogP contribution >= 0.6 is 0 Å². The van der Waals surface area contributed by atoms with Gasteiger partial charge in [0, 0.05) is 12.7 Å². The maximum atomic E-state index is 11.7. The fraction of sp³-hybridized carbons (Fsp3) is 0.400. The van der Waals surface area contributed by atoms with E-state index in [2.05, 4.69) is 15.0 Å². The van der Waals surface area contributed by atoms with Gasteiger partial charge in [0.2, 0.25) is 0 Å². The molecule has 0 saturated carbocycles. The zero-order valence-electron chi connectivity index (χ0n) is 9.20. The second kappa shape index (κ2) is 6.20. The molecule has 0 saturated heterocycles. The standard InChI is InChI=1S/C10H11F3N2O3/c11-10(12,13)6-18-4-3-15-8-5-14-2-1-7(8)9(16)17/h1-2,5,15H,3-4,6H2,(H,16,17). The first kappa shape index (κ1) is 14.2. The summed E-state index contributed by atoms with van der Waals surface area (Å²) in [7, 11) is 0. The zero-order valence-corrected chi connectivity index (χ0v) is 9.20. The number of pyridine rings is 1. The number of carbonyl (C=O) groups is 1. The Hall–Kier alpha value is -1.83. The first-order valence-electron chi connectivity index (χ1n) is 4.96. The van der Waals surface area contributed by atoms with Crippen molar-refractivity contribution in [3.63, 3.8) is 0 Å². The lowest BCUT2D eigenvalue weighted by Gasteiger charge is -2.10. The van der Waals surface area contributed by atoms with Crippen molar-refractivity contribution in [3.8, 4) is 0 Å². The van der Waals surface area contributed by atoms with E-state index in [0.717, 1.165) is 0 Å². The van der Waals surface area contributed by atoms with Gasteiger partial charge >= 0.3 is 12.1 Å². The largest absolute Gasteiger partial charge is 0.478 e. The second-order valence-corrected chi connectivity index (χ2v) is 3.32. The molecule has 5 nitrogen and oxygen atoms in total. The highest BCUT2D eigenvalue weighted by Gasteiger charge is 2.27. The first-order chi connectivity index (χ1) is 8.40. The molecule has 1 aromatic heterocycles. The fourth-order valence-electron chi connectivity index (χ4n) is 1.17. The first-order valence-corrected chi connectivity index (χ1v) is 4.96. The van der Waals surface area contributed by atoms with Gasteiger partial charge in [-0.15, -0.1) is 0 Å². The molecule has 0 fully saturated rings. The summed E-state index contributed by atoms with van der Waals surface area (Å²) < 4.78 is 39.6. The van der Waals surface area contributed by atoms with Gasteiger partial charge in [-0.25, -0.2) is 4.79 Å². The van der Waals surface area contributed by atoms with Gasteiger partial charge in [0.15, 0.2) is 0 Å². The lowest BCUT2D eigenvalue weighted by atomic mass is 10.2. The molecule has 0 aliphatic rings. The Morgan fingerprint density at radius 2 is 2.22 bits per heavy atom. The lowest BCUT2D eigenvalue weighted by molar-refractivity contribution is -0.172. The van der Waals surface area contributed by atoms with E-state index in [4.69, 9.17) is 5.11 Å².